The third-order valence-corrected chi connectivity index (χ3v) is 6.17. The van der Waals surface area contributed by atoms with Crippen molar-refractivity contribution in [3.63, 3.8) is 0 Å². The van der Waals surface area contributed by atoms with Gasteiger partial charge in [0, 0.05) is 30.8 Å². The monoisotopic (exact) mass is 490 g/mol. The average Bonchev–Trinajstić information content (AvgIpc) is 2.95. The van der Waals surface area contributed by atoms with E-state index in [4.69, 9.17) is 4.74 Å². The number of carbonyl (C=O) groups is 2. The number of benzene rings is 3. The highest BCUT2D eigenvalue weighted by Gasteiger charge is 2.30. The Morgan fingerprint density at radius 3 is 2.22 bits per heavy atom. The standard InChI is InChI=1S/C32H30N2O3/c1-24-11-13-25(14-12-24)17-20-31(35)34(30(32(36)37-2)22-26-8-4-3-5-9-26)23-27-15-18-28(19-16-27)29-10-6-7-21-33-29/h3-21,30H,22-23H2,1-2H3/b20-17+/t30-/m0/s1. The van der Waals surface area contributed by atoms with E-state index in [0.29, 0.717) is 6.42 Å². The van der Waals surface area contributed by atoms with Crippen molar-refractivity contribution in [2.75, 3.05) is 7.11 Å². The minimum atomic E-state index is -0.780. The highest BCUT2D eigenvalue weighted by Crippen LogP contribution is 2.20. The van der Waals surface area contributed by atoms with Gasteiger partial charge in [0.15, 0.2) is 0 Å². The summed E-state index contributed by atoms with van der Waals surface area (Å²) in [5.74, 6) is -0.716. The van der Waals surface area contributed by atoms with E-state index in [1.54, 1.807) is 17.2 Å². The molecule has 3 aromatic carbocycles. The Kier molecular flexibility index (Phi) is 8.61. The maximum atomic E-state index is 13.5. The number of nitrogens with zero attached hydrogens (tertiary/aromatic N) is 2. The second-order valence-corrected chi connectivity index (χ2v) is 8.85. The van der Waals surface area contributed by atoms with Gasteiger partial charge in [0.2, 0.25) is 5.91 Å². The maximum Gasteiger partial charge on any atom is 0.328 e. The smallest absolute Gasteiger partial charge is 0.328 e. The number of hydrogen-bond donors (Lipinski definition) is 0. The molecule has 0 aliphatic rings. The molecule has 1 atom stereocenters. The van der Waals surface area contributed by atoms with Crippen molar-refractivity contribution in [3.8, 4) is 11.3 Å². The van der Waals surface area contributed by atoms with E-state index in [-0.39, 0.29) is 12.5 Å². The number of rotatable bonds is 9. The van der Waals surface area contributed by atoms with Crippen LogP contribution in [0.3, 0.4) is 0 Å². The molecule has 5 nitrogen and oxygen atoms in total. The van der Waals surface area contributed by atoms with Gasteiger partial charge in [0.1, 0.15) is 6.04 Å². The molecule has 0 N–H and O–H groups in total. The van der Waals surface area contributed by atoms with Crippen molar-refractivity contribution >= 4 is 18.0 Å². The maximum absolute atomic E-state index is 13.5. The zero-order valence-corrected chi connectivity index (χ0v) is 21.1. The zero-order valence-electron chi connectivity index (χ0n) is 21.1. The molecular formula is C32H30N2O3. The number of methoxy groups -OCH3 is 1. The fourth-order valence-electron chi connectivity index (χ4n) is 4.09. The van der Waals surface area contributed by atoms with E-state index in [1.807, 2.05) is 104 Å². The summed E-state index contributed by atoms with van der Waals surface area (Å²) in [5, 5.41) is 0. The summed E-state index contributed by atoms with van der Waals surface area (Å²) in [6, 6.07) is 30.5. The lowest BCUT2D eigenvalue weighted by atomic mass is 10.0. The molecule has 1 aromatic heterocycles. The molecule has 1 amide bonds. The van der Waals surface area contributed by atoms with E-state index in [9.17, 15) is 9.59 Å². The number of hydrogen-bond acceptors (Lipinski definition) is 4. The van der Waals surface area contributed by atoms with Crippen LogP contribution in [0.25, 0.3) is 17.3 Å². The molecule has 0 aliphatic carbocycles. The van der Waals surface area contributed by atoms with E-state index in [2.05, 4.69) is 4.98 Å². The van der Waals surface area contributed by atoms with Crippen LogP contribution in [0.15, 0.2) is 109 Å². The van der Waals surface area contributed by atoms with Gasteiger partial charge in [-0.3, -0.25) is 9.78 Å². The second-order valence-electron chi connectivity index (χ2n) is 8.85. The topological polar surface area (TPSA) is 59.5 Å². The van der Waals surface area contributed by atoms with E-state index < -0.39 is 12.0 Å². The SMILES string of the molecule is COC(=O)[C@H](Cc1ccccc1)N(Cc1ccc(-c2ccccn2)cc1)C(=O)/C=C/c1ccc(C)cc1. The highest BCUT2D eigenvalue weighted by molar-refractivity contribution is 5.94. The summed E-state index contributed by atoms with van der Waals surface area (Å²) < 4.78 is 5.14. The second kappa shape index (κ2) is 12.5. The van der Waals surface area contributed by atoms with Crippen LogP contribution < -0.4 is 0 Å². The molecule has 0 spiro atoms. The number of ether oxygens (including phenoxy) is 1. The summed E-state index contributed by atoms with van der Waals surface area (Å²) in [5.41, 5.74) is 5.77. The molecule has 1 heterocycles. The number of aromatic nitrogens is 1. The van der Waals surface area contributed by atoms with Gasteiger partial charge in [0.25, 0.3) is 0 Å². The van der Waals surface area contributed by atoms with E-state index >= 15 is 0 Å². The number of esters is 1. The molecule has 4 rings (SSSR count). The summed E-state index contributed by atoms with van der Waals surface area (Å²) in [4.78, 5) is 32.5. The number of aryl methyl sites for hydroxylation is 1. The van der Waals surface area contributed by atoms with Crippen LogP contribution in [0, 0.1) is 6.92 Å². The van der Waals surface area contributed by atoms with Gasteiger partial charge in [-0.15, -0.1) is 0 Å². The van der Waals surface area contributed by atoms with Crippen LogP contribution in [-0.4, -0.2) is 34.9 Å². The van der Waals surface area contributed by atoms with Crippen molar-refractivity contribution < 1.29 is 14.3 Å². The van der Waals surface area contributed by atoms with Gasteiger partial charge in [0.05, 0.1) is 12.8 Å². The van der Waals surface area contributed by atoms with Crippen LogP contribution in [0.2, 0.25) is 0 Å². The molecule has 0 bridgehead atoms. The van der Waals surface area contributed by atoms with Gasteiger partial charge < -0.3 is 9.64 Å². The van der Waals surface area contributed by atoms with Crippen LogP contribution in [0.4, 0.5) is 0 Å². The number of amides is 1. The van der Waals surface area contributed by atoms with Crippen LogP contribution in [-0.2, 0) is 27.3 Å². The van der Waals surface area contributed by atoms with Crippen molar-refractivity contribution in [1.29, 1.82) is 0 Å². The molecule has 186 valence electrons. The first kappa shape index (κ1) is 25.6. The lowest BCUT2D eigenvalue weighted by Crippen LogP contribution is -2.46. The van der Waals surface area contributed by atoms with E-state index in [0.717, 1.165) is 33.5 Å². The first-order chi connectivity index (χ1) is 18.0. The molecule has 0 unspecified atom stereocenters. The number of pyridine rings is 1. The fourth-order valence-corrected chi connectivity index (χ4v) is 4.09. The summed E-state index contributed by atoms with van der Waals surface area (Å²) in [6.45, 7) is 2.27. The highest BCUT2D eigenvalue weighted by atomic mass is 16.5. The first-order valence-electron chi connectivity index (χ1n) is 12.2. The molecule has 0 aliphatic heterocycles. The molecule has 0 fully saturated rings. The Bertz CT molecular complexity index is 1330. The first-order valence-corrected chi connectivity index (χ1v) is 12.2. The summed E-state index contributed by atoms with van der Waals surface area (Å²) in [6.07, 6.45) is 5.40. The zero-order chi connectivity index (χ0) is 26.0. The van der Waals surface area contributed by atoms with Gasteiger partial charge in [-0.25, -0.2) is 4.79 Å². The third kappa shape index (κ3) is 7.01. The predicted octanol–water partition coefficient (Wildman–Crippen LogP) is 5.88. The fraction of sp³-hybridized carbons (Fsp3) is 0.156. The Morgan fingerprint density at radius 2 is 1.57 bits per heavy atom. The van der Waals surface area contributed by atoms with Gasteiger partial charge in [-0.05, 0) is 41.8 Å². The molecule has 4 aromatic rings. The quantitative estimate of drug-likeness (QED) is 0.217. The minimum absolute atomic E-state index is 0.256. The normalized spacial score (nSPS) is 11.7. The van der Waals surface area contributed by atoms with Gasteiger partial charge in [-0.1, -0.05) is 90.5 Å². The number of carbonyl (C=O) groups excluding carboxylic acids is 2. The van der Waals surface area contributed by atoms with Gasteiger partial charge >= 0.3 is 5.97 Å². The molecule has 5 heteroatoms. The molecular weight excluding hydrogens is 460 g/mol. The van der Waals surface area contributed by atoms with Crippen LogP contribution in [0.1, 0.15) is 22.3 Å². The Labute approximate surface area is 218 Å². The largest absolute Gasteiger partial charge is 0.467 e. The summed E-state index contributed by atoms with van der Waals surface area (Å²) in [7, 11) is 1.35. The third-order valence-electron chi connectivity index (χ3n) is 6.17. The lowest BCUT2D eigenvalue weighted by molar-refractivity contribution is -0.151. The van der Waals surface area contributed by atoms with E-state index in [1.165, 1.54) is 13.2 Å². The van der Waals surface area contributed by atoms with Crippen LogP contribution in [0.5, 0.6) is 0 Å². The van der Waals surface area contributed by atoms with Crippen molar-refractivity contribution in [1.82, 2.24) is 9.88 Å². The Hall–Kier alpha value is -4.51. The lowest BCUT2D eigenvalue weighted by Gasteiger charge is -2.29. The van der Waals surface area contributed by atoms with Crippen molar-refractivity contribution in [3.05, 3.63) is 132 Å². The Balaban J connectivity index is 1.63. The van der Waals surface area contributed by atoms with Crippen LogP contribution >= 0.6 is 0 Å². The molecule has 0 radical (unpaired) electrons. The van der Waals surface area contributed by atoms with Gasteiger partial charge in [-0.2, -0.15) is 0 Å². The average molecular weight is 491 g/mol. The molecule has 37 heavy (non-hydrogen) atoms. The minimum Gasteiger partial charge on any atom is -0.467 e. The molecule has 0 saturated carbocycles. The Morgan fingerprint density at radius 1 is 0.865 bits per heavy atom. The predicted molar refractivity (Wildman–Crippen MR) is 146 cm³/mol. The molecule has 0 saturated heterocycles. The van der Waals surface area contributed by atoms with Crippen molar-refractivity contribution in [2.45, 2.75) is 25.9 Å². The summed E-state index contributed by atoms with van der Waals surface area (Å²) >= 11 is 0. The van der Waals surface area contributed by atoms with Crippen molar-refractivity contribution in [2.24, 2.45) is 0 Å².